The van der Waals surface area contributed by atoms with E-state index < -0.39 is 6.04 Å². The molecule has 0 aromatic heterocycles. The maximum absolute atomic E-state index is 13.8. The van der Waals surface area contributed by atoms with E-state index in [0.717, 1.165) is 12.0 Å². The summed E-state index contributed by atoms with van der Waals surface area (Å²) in [5.74, 6) is 0.858. The van der Waals surface area contributed by atoms with Crippen LogP contribution in [0.3, 0.4) is 0 Å². The quantitative estimate of drug-likeness (QED) is 0.308. The summed E-state index contributed by atoms with van der Waals surface area (Å²) in [4.78, 5) is 42.6. The molecule has 39 heavy (non-hydrogen) atoms. The Morgan fingerprint density at radius 3 is 2.13 bits per heavy atom. The number of para-hydroxylation sites is 1. The van der Waals surface area contributed by atoms with E-state index in [2.05, 4.69) is 17.5 Å². The molecule has 1 saturated heterocycles. The number of hydrogen-bond donors (Lipinski definition) is 1. The van der Waals surface area contributed by atoms with Crippen molar-refractivity contribution in [1.29, 1.82) is 0 Å². The van der Waals surface area contributed by atoms with E-state index in [4.69, 9.17) is 16.3 Å². The highest BCUT2D eigenvalue weighted by molar-refractivity contribution is 6.32. The van der Waals surface area contributed by atoms with Crippen LogP contribution in [-0.4, -0.2) is 28.7 Å². The van der Waals surface area contributed by atoms with E-state index >= 15 is 0 Å². The Kier molecular flexibility index (Phi) is 5.81. The smallest absolute Gasteiger partial charge is 0.248 e. The van der Waals surface area contributed by atoms with Gasteiger partial charge in [-0.1, -0.05) is 66.2 Å². The van der Waals surface area contributed by atoms with Gasteiger partial charge in [0.15, 0.2) is 0 Å². The molecule has 0 spiro atoms. The highest BCUT2D eigenvalue weighted by atomic mass is 35.5. The van der Waals surface area contributed by atoms with Crippen LogP contribution < -0.4 is 10.1 Å². The number of nitrogens with zero attached hydrogens (tertiary/aromatic N) is 1. The van der Waals surface area contributed by atoms with E-state index in [1.54, 1.807) is 36.4 Å². The van der Waals surface area contributed by atoms with Crippen molar-refractivity contribution in [1.82, 2.24) is 4.90 Å². The number of likely N-dealkylation sites (tertiary alicyclic amines) is 1. The molecule has 2 saturated carbocycles. The number of rotatable bonds is 7. The minimum absolute atomic E-state index is 0.109. The average molecular weight is 539 g/mol. The van der Waals surface area contributed by atoms with E-state index in [1.165, 1.54) is 4.90 Å². The zero-order valence-electron chi connectivity index (χ0n) is 21.1. The van der Waals surface area contributed by atoms with E-state index in [1.807, 2.05) is 42.5 Å². The number of anilines is 1. The van der Waals surface area contributed by atoms with Crippen molar-refractivity contribution in [2.75, 3.05) is 5.32 Å². The molecular weight excluding hydrogens is 512 g/mol. The first kappa shape index (κ1) is 24.2. The van der Waals surface area contributed by atoms with E-state index in [-0.39, 0.29) is 47.8 Å². The number of hydrogen-bond acceptors (Lipinski definition) is 4. The molecule has 3 aromatic carbocycles. The van der Waals surface area contributed by atoms with Gasteiger partial charge >= 0.3 is 0 Å². The van der Waals surface area contributed by atoms with E-state index in [9.17, 15) is 14.4 Å². The minimum Gasteiger partial charge on any atom is -0.456 e. The van der Waals surface area contributed by atoms with Gasteiger partial charge < -0.3 is 10.1 Å². The summed E-state index contributed by atoms with van der Waals surface area (Å²) in [5.41, 5.74) is 1.43. The summed E-state index contributed by atoms with van der Waals surface area (Å²) >= 11 is 6.19. The minimum atomic E-state index is -0.937. The fourth-order valence-corrected chi connectivity index (χ4v) is 7.09. The van der Waals surface area contributed by atoms with Crippen LogP contribution in [0.2, 0.25) is 5.02 Å². The number of carbonyl (C=O) groups is 3. The van der Waals surface area contributed by atoms with Gasteiger partial charge in [-0.25, -0.2) is 0 Å². The summed E-state index contributed by atoms with van der Waals surface area (Å²) in [6.45, 7) is 0. The molecule has 0 unspecified atom stereocenters. The van der Waals surface area contributed by atoms with Crippen LogP contribution in [0.4, 0.5) is 5.69 Å². The van der Waals surface area contributed by atoms with Crippen molar-refractivity contribution in [3.63, 3.8) is 0 Å². The third kappa shape index (κ3) is 4.14. The summed E-state index contributed by atoms with van der Waals surface area (Å²) in [6.07, 6.45) is 5.65. The number of ether oxygens (including phenoxy) is 1. The van der Waals surface area contributed by atoms with Crippen LogP contribution >= 0.6 is 11.6 Å². The number of nitrogens with one attached hydrogen (secondary N) is 1. The zero-order chi connectivity index (χ0) is 26.7. The second-order valence-electron chi connectivity index (χ2n) is 11.0. The number of benzene rings is 3. The molecule has 4 aliphatic carbocycles. The Balaban J connectivity index is 1.13. The van der Waals surface area contributed by atoms with Gasteiger partial charge in [-0.2, -0.15) is 0 Å². The highest BCUT2D eigenvalue weighted by Crippen LogP contribution is 2.65. The Morgan fingerprint density at radius 1 is 0.872 bits per heavy atom. The average Bonchev–Trinajstić information content (AvgIpc) is 3.73. The molecule has 3 fully saturated rings. The molecule has 1 N–H and O–H groups in total. The van der Waals surface area contributed by atoms with Crippen LogP contribution in [0.25, 0.3) is 0 Å². The van der Waals surface area contributed by atoms with Crippen LogP contribution in [0.15, 0.2) is 91.0 Å². The summed E-state index contributed by atoms with van der Waals surface area (Å²) < 4.78 is 5.85. The Hall–Kier alpha value is -3.90. The second kappa shape index (κ2) is 9.38. The molecular formula is C32H27ClN2O4. The SMILES string of the molecule is O=C(Nc1ccc(Oc2ccccc2Cl)cc1)[C@@H](Cc1ccccc1)N1C(=O)[C@H]2[C@@H]3C=C[C@H]([C@H]4C[C@H]34)[C@@H]2C1=O. The topological polar surface area (TPSA) is 75.7 Å². The van der Waals surface area contributed by atoms with E-state index in [0.29, 0.717) is 34.0 Å². The van der Waals surface area contributed by atoms with Gasteiger partial charge in [-0.05, 0) is 72.1 Å². The molecule has 7 atom stereocenters. The number of carbonyl (C=O) groups excluding carboxylic acids is 3. The predicted molar refractivity (Wildman–Crippen MR) is 147 cm³/mol. The van der Waals surface area contributed by atoms with Gasteiger partial charge in [0, 0.05) is 12.1 Å². The third-order valence-corrected chi connectivity index (χ3v) is 9.08. The van der Waals surface area contributed by atoms with Crippen molar-refractivity contribution in [2.24, 2.45) is 35.5 Å². The van der Waals surface area contributed by atoms with Gasteiger partial charge in [-0.15, -0.1) is 0 Å². The molecule has 0 radical (unpaired) electrons. The standard InChI is InChI=1S/C32H27ClN2O4/c33-25-8-4-5-9-27(25)39-20-12-10-19(11-13-20)34-30(36)26(16-18-6-2-1-3-7-18)35-31(37)28-21-14-15-22(24-17-23(21)24)29(28)32(35)38/h1-15,21-24,26,28-29H,16-17H2,(H,34,36)/t21-,22-,23-,24-,26-,28+,29+/m1/s1. The highest BCUT2D eigenvalue weighted by Gasteiger charge is 2.67. The maximum Gasteiger partial charge on any atom is 0.248 e. The number of halogens is 1. The summed E-state index contributed by atoms with van der Waals surface area (Å²) in [7, 11) is 0. The van der Waals surface area contributed by atoms with Crippen LogP contribution in [-0.2, 0) is 20.8 Å². The van der Waals surface area contributed by atoms with Crippen LogP contribution in [0.5, 0.6) is 11.5 Å². The number of imide groups is 1. The Morgan fingerprint density at radius 2 is 1.49 bits per heavy atom. The Labute approximate surface area is 231 Å². The van der Waals surface area contributed by atoms with Crippen LogP contribution in [0, 0.1) is 35.5 Å². The van der Waals surface area contributed by atoms with Crippen molar-refractivity contribution in [3.8, 4) is 11.5 Å². The van der Waals surface area contributed by atoms with Gasteiger partial charge in [0.05, 0.1) is 16.9 Å². The fourth-order valence-electron chi connectivity index (χ4n) is 6.91. The molecule has 3 aromatic rings. The summed E-state index contributed by atoms with van der Waals surface area (Å²) in [5, 5.41) is 3.44. The lowest BCUT2D eigenvalue weighted by Crippen LogP contribution is -2.49. The molecule has 6 nitrogen and oxygen atoms in total. The normalized spacial score (nSPS) is 28.6. The lowest BCUT2D eigenvalue weighted by molar-refractivity contribution is -0.146. The fraction of sp³-hybridized carbons (Fsp3) is 0.281. The van der Waals surface area contributed by atoms with Gasteiger partial charge in [0.1, 0.15) is 17.5 Å². The molecule has 196 valence electrons. The monoisotopic (exact) mass is 538 g/mol. The lowest BCUT2D eigenvalue weighted by Gasteiger charge is -2.37. The first-order valence-electron chi connectivity index (χ1n) is 13.4. The molecule has 7 heteroatoms. The molecule has 1 aliphatic heterocycles. The van der Waals surface area contributed by atoms with Crippen molar-refractivity contribution < 1.29 is 19.1 Å². The first-order valence-corrected chi connectivity index (χ1v) is 13.8. The first-order chi connectivity index (χ1) is 19.0. The zero-order valence-corrected chi connectivity index (χ0v) is 21.8. The predicted octanol–water partition coefficient (Wildman–Crippen LogP) is 5.74. The van der Waals surface area contributed by atoms with Gasteiger partial charge in [-0.3, -0.25) is 19.3 Å². The molecule has 8 rings (SSSR count). The number of amides is 3. The largest absolute Gasteiger partial charge is 0.456 e. The van der Waals surface area contributed by atoms with Crippen molar-refractivity contribution in [3.05, 3.63) is 102 Å². The van der Waals surface area contributed by atoms with Crippen LogP contribution in [0.1, 0.15) is 12.0 Å². The molecule has 5 aliphatic rings. The second-order valence-corrected chi connectivity index (χ2v) is 11.4. The Bertz CT molecular complexity index is 1450. The van der Waals surface area contributed by atoms with Gasteiger partial charge in [0.25, 0.3) is 0 Å². The lowest BCUT2D eigenvalue weighted by atomic mass is 9.63. The van der Waals surface area contributed by atoms with Gasteiger partial charge in [0.2, 0.25) is 17.7 Å². The van der Waals surface area contributed by atoms with Crippen molar-refractivity contribution >= 4 is 35.0 Å². The number of allylic oxidation sites excluding steroid dienone is 2. The molecule has 2 bridgehead atoms. The molecule has 3 amide bonds. The third-order valence-electron chi connectivity index (χ3n) is 8.77. The van der Waals surface area contributed by atoms with Crippen molar-refractivity contribution in [2.45, 2.75) is 18.9 Å². The summed E-state index contributed by atoms with van der Waals surface area (Å²) in [6, 6.07) is 22.7. The maximum atomic E-state index is 13.8. The molecule has 1 heterocycles.